The number of rotatable bonds is 5. The fourth-order valence-electron chi connectivity index (χ4n) is 3.01. The molecule has 0 aliphatic heterocycles. The average molecular weight is 529 g/mol. The molecule has 186 valence electrons. The highest BCUT2D eigenvalue weighted by Crippen LogP contribution is 2.36. The zero-order chi connectivity index (χ0) is 26.2. The van der Waals surface area contributed by atoms with E-state index in [4.69, 9.17) is 22.1 Å². The van der Waals surface area contributed by atoms with E-state index in [9.17, 15) is 31.1 Å². The third kappa shape index (κ3) is 4.75. The van der Waals surface area contributed by atoms with Crippen molar-refractivity contribution in [3.05, 3.63) is 82.7 Å². The number of nitrogens with zero attached hydrogens (tertiary/aromatic N) is 4. The number of carbonyl (C=O) groups is 1. The van der Waals surface area contributed by atoms with Crippen molar-refractivity contribution in [1.82, 2.24) is 19.7 Å². The second kappa shape index (κ2) is 9.37. The van der Waals surface area contributed by atoms with Crippen molar-refractivity contribution in [1.29, 1.82) is 0 Å². The first-order chi connectivity index (χ1) is 17.0. The first-order valence-electron chi connectivity index (χ1n) is 9.61. The van der Waals surface area contributed by atoms with Gasteiger partial charge in [0.15, 0.2) is 40.5 Å². The summed E-state index contributed by atoms with van der Waals surface area (Å²) < 4.78 is 89.7. The number of anilines is 2. The molecule has 0 unspecified atom stereocenters. The van der Waals surface area contributed by atoms with Gasteiger partial charge in [0.1, 0.15) is 10.8 Å². The van der Waals surface area contributed by atoms with Crippen LogP contribution in [0.4, 0.5) is 37.8 Å². The Morgan fingerprint density at radius 3 is 2.47 bits per heavy atom. The van der Waals surface area contributed by atoms with Crippen LogP contribution in [0.1, 0.15) is 16.1 Å². The van der Waals surface area contributed by atoms with Crippen molar-refractivity contribution in [3.8, 4) is 17.3 Å². The van der Waals surface area contributed by atoms with Crippen molar-refractivity contribution in [2.24, 2.45) is 0 Å². The zero-order valence-electron chi connectivity index (χ0n) is 17.4. The molecule has 0 aliphatic carbocycles. The Morgan fingerprint density at radius 1 is 1.03 bits per heavy atom. The first-order valence-corrected chi connectivity index (χ1v) is 9.99. The lowest BCUT2D eigenvalue weighted by Gasteiger charge is -2.14. The molecule has 15 heteroatoms. The van der Waals surface area contributed by atoms with Crippen molar-refractivity contribution in [2.45, 2.75) is 6.18 Å². The third-order valence-electron chi connectivity index (χ3n) is 4.59. The summed E-state index contributed by atoms with van der Waals surface area (Å²) in [5.41, 5.74) is 1.94. The summed E-state index contributed by atoms with van der Waals surface area (Å²) in [6.07, 6.45) is -2.47. The molecule has 0 saturated heterocycles. The Kier molecular flexibility index (Phi) is 6.45. The van der Waals surface area contributed by atoms with Crippen LogP contribution in [-0.4, -0.2) is 25.7 Å². The third-order valence-corrected chi connectivity index (χ3v) is 4.97. The second-order valence-corrected chi connectivity index (χ2v) is 7.33. The number of ether oxygens (including phenoxy) is 1. The molecule has 0 atom stereocenters. The SMILES string of the molecule is Nc1nccc(Oc2cc(F)c(NC(=O)c3cnn(-c4ncccc4F)c3C(F)(F)F)cc2F)c1Cl. The number of pyridine rings is 2. The van der Waals surface area contributed by atoms with Crippen LogP contribution < -0.4 is 15.8 Å². The normalized spacial score (nSPS) is 11.4. The van der Waals surface area contributed by atoms with Crippen LogP contribution in [-0.2, 0) is 6.18 Å². The molecule has 3 N–H and O–H groups in total. The van der Waals surface area contributed by atoms with Gasteiger partial charge in [-0.05, 0) is 12.1 Å². The number of hydrogen-bond acceptors (Lipinski definition) is 6. The largest absolute Gasteiger partial charge is 0.452 e. The number of benzene rings is 1. The smallest absolute Gasteiger partial charge is 0.434 e. The highest BCUT2D eigenvalue weighted by Gasteiger charge is 2.41. The minimum Gasteiger partial charge on any atom is -0.452 e. The van der Waals surface area contributed by atoms with E-state index in [1.165, 1.54) is 12.3 Å². The number of alkyl halides is 3. The van der Waals surface area contributed by atoms with E-state index in [1.807, 2.05) is 5.32 Å². The molecule has 0 bridgehead atoms. The Hall–Kier alpha value is -4.33. The van der Waals surface area contributed by atoms with Crippen molar-refractivity contribution < 1.29 is 35.9 Å². The van der Waals surface area contributed by atoms with E-state index < -0.39 is 58.0 Å². The molecule has 0 radical (unpaired) electrons. The van der Waals surface area contributed by atoms with Gasteiger partial charge in [-0.1, -0.05) is 11.6 Å². The predicted octanol–water partition coefficient (Wildman–Crippen LogP) is 5.38. The van der Waals surface area contributed by atoms with E-state index >= 15 is 0 Å². The van der Waals surface area contributed by atoms with Gasteiger partial charge < -0.3 is 15.8 Å². The van der Waals surface area contributed by atoms with E-state index in [0.29, 0.717) is 18.3 Å². The maximum absolute atomic E-state index is 14.6. The lowest BCUT2D eigenvalue weighted by Crippen LogP contribution is -2.22. The Bertz CT molecular complexity index is 1480. The second-order valence-electron chi connectivity index (χ2n) is 6.95. The van der Waals surface area contributed by atoms with E-state index in [1.54, 1.807) is 0 Å². The Balaban J connectivity index is 1.66. The van der Waals surface area contributed by atoms with Gasteiger partial charge in [-0.2, -0.15) is 18.3 Å². The number of hydrogen-bond donors (Lipinski definition) is 2. The van der Waals surface area contributed by atoms with Gasteiger partial charge in [0, 0.05) is 30.6 Å². The van der Waals surface area contributed by atoms with Gasteiger partial charge in [0.25, 0.3) is 5.91 Å². The summed E-state index contributed by atoms with van der Waals surface area (Å²) in [6, 6.07) is 4.24. The van der Waals surface area contributed by atoms with Crippen LogP contribution in [0.3, 0.4) is 0 Å². The molecule has 1 amide bonds. The van der Waals surface area contributed by atoms with Crippen LogP contribution in [0.5, 0.6) is 11.5 Å². The summed E-state index contributed by atoms with van der Waals surface area (Å²) in [4.78, 5) is 19.8. The predicted molar refractivity (Wildman–Crippen MR) is 114 cm³/mol. The summed E-state index contributed by atoms with van der Waals surface area (Å²) in [5.74, 6) is -6.85. The highest BCUT2D eigenvalue weighted by molar-refractivity contribution is 6.34. The minimum absolute atomic E-state index is 0.0856. The molecule has 3 aromatic heterocycles. The van der Waals surface area contributed by atoms with Crippen LogP contribution in [0.25, 0.3) is 5.82 Å². The fraction of sp³-hybridized carbons (Fsp3) is 0.0476. The maximum atomic E-state index is 14.6. The number of carbonyl (C=O) groups excluding carboxylic acids is 1. The van der Waals surface area contributed by atoms with E-state index in [0.717, 1.165) is 18.3 Å². The van der Waals surface area contributed by atoms with Crippen LogP contribution in [0.2, 0.25) is 5.02 Å². The van der Waals surface area contributed by atoms with Crippen LogP contribution in [0.15, 0.2) is 48.9 Å². The van der Waals surface area contributed by atoms with Crippen LogP contribution in [0, 0.1) is 17.5 Å². The number of aromatic nitrogens is 4. The summed E-state index contributed by atoms with van der Waals surface area (Å²) in [5, 5.41) is 5.08. The van der Waals surface area contributed by atoms with Gasteiger partial charge in [-0.25, -0.2) is 27.8 Å². The maximum Gasteiger partial charge on any atom is 0.434 e. The number of amides is 1. The Morgan fingerprint density at radius 2 is 1.78 bits per heavy atom. The number of nitrogen functional groups attached to an aromatic ring is 1. The Labute approximate surface area is 202 Å². The molecule has 0 saturated carbocycles. The molecule has 0 aliphatic rings. The molecular weight excluding hydrogens is 518 g/mol. The molecule has 8 nitrogen and oxygen atoms in total. The van der Waals surface area contributed by atoms with Crippen LogP contribution >= 0.6 is 11.6 Å². The molecule has 0 spiro atoms. The van der Waals surface area contributed by atoms with Gasteiger partial charge in [-0.15, -0.1) is 0 Å². The van der Waals surface area contributed by atoms with Crippen molar-refractivity contribution >= 4 is 29.0 Å². The van der Waals surface area contributed by atoms with Gasteiger partial charge in [0.2, 0.25) is 0 Å². The monoisotopic (exact) mass is 528 g/mol. The first kappa shape index (κ1) is 24.8. The van der Waals surface area contributed by atoms with Crippen molar-refractivity contribution in [2.75, 3.05) is 11.1 Å². The van der Waals surface area contributed by atoms with Gasteiger partial charge in [0.05, 0.1) is 17.4 Å². The minimum atomic E-state index is -5.19. The fourth-order valence-corrected chi connectivity index (χ4v) is 3.16. The average Bonchev–Trinajstić information content (AvgIpc) is 3.26. The standard InChI is InChI=1S/C21H11ClF6N6O2/c22-16-14(3-5-30-18(16)29)36-15-7-11(24)13(6-12(15)25)33-20(35)9-8-32-34(17(9)21(26,27)28)19-10(23)2-1-4-31-19/h1-8H,(H2,29,30)(H,33,35). The molecule has 0 fully saturated rings. The summed E-state index contributed by atoms with van der Waals surface area (Å²) in [6.45, 7) is 0. The topological polar surface area (TPSA) is 108 Å². The zero-order valence-corrected chi connectivity index (χ0v) is 18.2. The summed E-state index contributed by atoms with van der Waals surface area (Å²) in [7, 11) is 0. The van der Waals surface area contributed by atoms with Gasteiger partial charge >= 0.3 is 6.18 Å². The molecular formula is C21H11ClF6N6O2. The number of nitrogens with two attached hydrogens (primary N) is 1. The molecule has 3 heterocycles. The highest BCUT2D eigenvalue weighted by atomic mass is 35.5. The molecule has 4 rings (SSSR count). The summed E-state index contributed by atoms with van der Waals surface area (Å²) >= 11 is 5.90. The van der Waals surface area contributed by atoms with E-state index in [2.05, 4.69) is 15.1 Å². The molecule has 36 heavy (non-hydrogen) atoms. The van der Waals surface area contributed by atoms with Crippen molar-refractivity contribution in [3.63, 3.8) is 0 Å². The molecule has 1 aromatic carbocycles. The number of nitrogens with one attached hydrogen (secondary N) is 1. The quantitative estimate of drug-likeness (QED) is 0.337. The molecule has 4 aromatic rings. The van der Waals surface area contributed by atoms with Gasteiger partial charge in [-0.3, -0.25) is 4.79 Å². The lowest BCUT2D eigenvalue weighted by molar-refractivity contribution is -0.143. The number of halogens is 7. The lowest BCUT2D eigenvalue weighted by atomic mass is 10.2. The van der Waals surface area contributed by atoms with E-state index in [-0.39, 0.29) is 21.3 Å².